The highest BCUT2D eigenvalue weighted by atomic mass is 16.2. The van der Waals surface area contributed by atoms with Gasteiger partial charge in [0.2, 0.25) is 5.91 Å². The van der Waals surface area contributed by atoms with Crippen molar-refractivity contribution < 1.29 is 4.79 Å². The van der Waals surface area contributed by atoms with Crippen LogP contribution in [0.15, 0.2) is 0 Å². The SMILES string of the molecule is CCCCCN(CCCCC)C(=O)C(C)CNCC. The summed E-state index contributed by atoms with van der Waals surface area (Å²) in [5.41, 5.74) is 0. The molecule has 1 unspecified atom stereocenters. The molecule has 19 heavy (non-hydrogen) atoms. The van der Waals surface area contributed by atoms with Crippen LogP contribution < -0.4 is 5.32 Å². The molecule has 0 spiro atoms. The molecule has 0 saturated heterocycles. The summed E-state index contributed by atoms with van der Waals surface area (Å²) in [5.74, 6) is 0.427. The smallest absolute Gasteiger partial charge is 0.226 e. The van der Waals surface area contributed by atoms with E-state index in [0.717, 1.165) is 39.0 Å². The lowest BCUT2D eigenvalue weighted by Crippen LogP contribution is -2.40. The van der Waals surface area contributed by atoms with E-state index in [4.69, 9.17) is 0 Å². The Bertz CT molecular complexity index is 209. The van der Waals surface area contributed by atoms with Crippen LogP contribution in [0.4, 0.5) is 0 Å². The first-order valence-electron chi connectivity index (χ1n) is 8.16. The van der Waals surface area contributed by atoms with Gasteiger partial charge in [0.1, 0.15) is 0 Å². The van der Waals surface area contributed by atoms with E-state index >= 15 is 0 Å². The molecule has 0 aromatic heterocycles. The molecule has 1 amide bonds. The molecule has 0 bridgehead atoms. The molecule has 0 aliphatic carbocycles. The molecule has 0 aliphatic rings. The maximum Gasteiger partial charge on any atom is 0.226 e. The van der Waals surface area contributed by atoms with Gasteiger partial charge in [-0.05, 0) is 19.4 Å². The molecule has 0 aromatic rings. The summed E-state index contributed by atoms with van der Waals surface area (Å²) in [7, 11) is 0. The fraction of sp³-hybridized carbons (Fsp3) is 0.938. The maximum atomic E-state index is 12.4. The fourth-order valence-electron chi connectivity index (χ4n) is 2.20. The van der Waals surface area contributed by atoms with Crippen molar-refractivity contribution in [3.8, 4) is 0 Å². The predicted molar refractivity (Wildman–Crippen MR) is 83.3 cm³/mol. The van der Waals surface area contributed by atoms with Crippen molar-refractivity contribution in [2.45, 2.75) is 66.2 Å². The Morgan fingerprint density at radius 1 is 1.00 bits per heavy atom. The highest BCUT2D eigenvalue weighted by Gasteiger charge is 2.19. The molecule has 0 radical (unpaired) electrons. The first-order valence-corrected chi connectivity index (χ1v) is 8.16. The fourth-order valence-corrected chi connectivity index (χ4v) is 2.20. The van der Waals surface area contributed by atoms with Gasteiger partial charge >= 0.3 is 0 Å². The van der Waals surface area contributed by atoms with Crippen LogP contribution in [0.2, 0.25) is 0 Å². The summed E-state index contributed by atoms with van der Waals surface area (Å²) in [5, 5.41) is 3.27. The normalized spacial score (nSPS) is 12.4. The molecule has 0 aromatic carbocycles. The lowest BCUT2D eigenvalue weighted by atomic mass is 10.1. The van der Waals surface area contributed by atoms with Crippen LogP contribution >= 0.6 is 0 Å². The standard InChI is InChI=1S/C16H34N2O/c1-5-8-10-12-18(13-11-9-6-2)16(19)15(4)14-17-7-3/h15,17H,5-14H2,1-4H3. The predicted octanol–water partition coefficient (Wildman–Crippen LogP) is 3.44. The van der Waals surface area contributed by atoms with E-state index in [9.17, 15) is 4.79 Å². The molecule has 0 saturated carbocycles. The third kappa shape index (κ3) is 9.04. The van der Waals surface area contributed by atoms with Gasteiger partial charge in [-0.25, -0.2) is 0 Å². The molecule has 3 nitrogen and oxygen atoms in total. The highest BCUT2D eigenvalue weighted by molar-refractivity contribution is 5.78. The Morgan fingerprint density at radius 3 is 1.95 bits per heavy atom. The van der Waals surface area contributed by atoms with Crippen molar-refractivity contribution in [2.75, 3.05) is 26.2 Å². The van der Waals surface area contributed by atoms with Crippen LogP contribution in [0.3, 0.4) is 0 Å². The zero-order chi connectivity index (χ0) is 14.5. The number of carbonyl (C=O) groups is 1. The summed E-state index contributed by atoms with van der Waals surface area (Å²) in [6, 6.07) is 0. The molecule has 1 N–H and O–H groups in total. The number of hydrogen-bond donors (Lipinski definition) is 1. The van der Waals surface area contributed by atoms with Gasteiger partial charge in [-0.15, -0.1) is 0 Å². The van der Waals surface area contributed by atoms with Crippen LogP contribution in [-0.2, 0) is 4.79 Å². The zero-order valence-corrected chi connectivity index (χ0v) is 13.5. The van der Waals surface area contributed by atoms with E-state index in [-0.39, 0.29) is 5.92 Å². The minimum absolute atomic E-state index is 0.100. The molecular formula is C16H34N2O. The first-order chi connectivity index (χ1) is 9.17. The van der Waals surface area contributed by atoms with E-state index < -0.39 is 0 Å². The number of unbranched alkanes of at least 4 members (excludes halogenated alkanes) is 4. The van der Waals surface area contributed by atoms with Crippen molar-refractivity contribution in [1.82, 2.24) is 10.2 Å². The van der Waals surface area contributed by atoms with Crippen LogP contribution in [-0.4, -0.2) is 37.0 Å². The Morgan fingerprint density at radius 2 is 1.53 bits per heavy atom. The van der Waals surface area contributed by atoms with Gasteiger partial charge in [-0.3, -0.25) is 4.79 Å². The van der Waals surface area contributed by atoms with E-state index in [0.29, 0.717) is 5.91 Å². The van der Waals surface area contributed by atoms with Crippen LogP contribution in [0.25, 0.3) is 0 Å². The average Bonchev–Trinajstić information content (AvgIpc) is 2.42. The zero-order valence-electron chi connectivity index (χ0n) is 13.5. The average molecular weight is 270 g/mol. The second-order valence-electron chi connectivity index (χ2n) is 5.45. The van der Waals surface area contributed by atoms with Crippen molar-refractivity contribution in [3.63, 3.8) is 0 Å². The molecule has 1 atom stereocenters. The molecule has 0 fully saturated rings. The van der Waals surface area contributed by atoms with Crippen molar-refractivity contribution in [3.05, 3.63) is 0 Å². The summed E-state index contributed by atoms with van der Waals surface area (Å²) >= 11 is 0. The second kappa shape index (κ2) is 12.5. The molecule has 114 valence electrons. The summed E-state index contributed by atoms with van der Waals surface area (Å²) < 4.78 is 0. The van der Waals surface area contributed by atoms with E-state index in [2.05, 4.69) is 31.0 Å². The van der Waals surface area contributed by atoms with Gasteiger partial charge in [-0.2, -0.15) is 0 Å². The van der Waals surface area contributed by atoms with Gasteiger partial charge in [0.25, 0.3) is 0 Å². The minimum Gasteiger partial charge on any atom is -0.342 e. The number of nitrogens with zero attached hydrogens (tertiary/aromatic N) is 1. The van der Waals surface area contributed by atoms with E-state index in [1.165, 1.54) is 25.7 Å². The number of rotatable bonds is 12. The van der Waals surface area contributed by atoms with Gasteiger partial charge in [-0.1, -0.05) is 53.4 Å². The highest BCUT2D eigenvalue weighted by Crippen LogP contribution is 2.08. The van der Waals surface area contributed by atoms with Crippen LogP contribution in [0.1, 0.15) is 66.2 Å². The number of nitrogens with one attached hydrogen (secondary N) is 1. The van der Waals surface area contributed by atoms with Crippen LogP contribution in [0.5, 0.6) is 0 Å². The maximum absolute atomic E-state index is 12.4. The van der Waals surface area contributed by atoms with Crippen LogP contribution in [0, 0.1) is 5.92 Å². The third-order valence-corrected chi connectivity index (χ3v) is 3.50. The Labute approximate surface area is 120 Å². The number of hydrogen-bond acceptors (Lipinski definition) is 2. The monoisotopic (exact) mass is 270 g/mol. The Kier molecular flexibility index (Phi) is 12.1. The third-order valence-electron chi connectivity index (χ3n) is 3.50. The lowest BCUT2D eigenvalue weighted by molar-refractivity contribution is -0.135. The van der Waals surface area contributed by atoms with Gasteiger partial charge in [0.05, 0.1) is 0 Å². The summed E-state index contributed by atoms with van der Waals surface area (Å²) in [6.07, 6.45) is 7.15. The number of amides is 1. The molecule has 0 rings (SSSR count). The largest absolute Gasteiger partial charge is 0.342 e. The topological polar surface area (TPSA) is 32.3 Å². The Balaban J connectivity index is 4.21. The molecule has 3 heteroatoms. The molecular weight excluding hydrogens is 236 g/mol. The second-order valence-corrected chi connectivity index (χ2v) is 5.45. The van der Waals surface area contributed by atoms with Gasteiger partial charge < -0.3 is 10.2 Å². The van der Waals surface area contributed by atoms with Crippen molar-refractivity contribution >= 4 is 5.91 Å². The summed E-state index contributed by atoms with van der Waals surface area (Å²) in [4.78, 5) is 14.5. The Hall–Kier alpha value is -0.570. The van der Waals surface area contributed by atoms with Crippen molar-refractivity contribution in [1.29, 1.82) is 0 Å². The van der Waals surface area contributed by atoms with Gasteiger partial charge in [0.15, 0.2) is 0 Å². The molecule has 0 heterocycles. The summed E-state index contributed by atoms with van der Waals surface area (Å²) in [6.45, 7) is 12.1. The number of carbonyl (C=O) groups excluding carboxylic acids is 1. The lowest BCUT2D eigenvalue weighted by Gasteiger charge is -2.26. The first kappa shape index (κ1) is 18.4. The minimum atomic E-state index is 0.100. The van der Waals surface area contributed by atoms with E-state index in [1.54, 1.807) is 0 Å². The molecule has 0 aliphatic heterocycles. The van der Waals surface area contributed by atoms with Crippen molar-refractivity contribution in [2.24, 2.45) is 5.92 Å². The quantitative estimate of drug-likeness (QED) is 0.551. The van der Waals surface area contributed by atoms with Gasteiger partial charge in [0, 0.05) is 25.6 Å². The van der Waals surface area contributed by atoms with E-state index in [1.807, 2.05) is 6.92 Å².